The molecule has 114 valence electrons. The lowest BCUT2D eigenvalue weighted by Crippen LogP contribution is -2.17. The quantitative estimate of drug-likeness (QED) is 0.731. The van der Waals surface area contributed by atoms with Crippen molar-refractivity contribution >= 4 is 17.0 Å². The Hall–Kier alpha value is -2.08. The zero-order chi connectivity index (χ0) is 15.2. The van der Waals surface area contributed by atoms with E-state index >= 15 is 0 Å². The first kappa shape index (κ1) is 15.3. The van der Waals surface area contributed by atoms with Gasteiger partial charge in [-0.2, -0.15) is 0 Å². The van der Waals surface area contributed by atoms with Gasteiger partial charge in [0.05, 0.1) is 16.6 Å². The van der Waals surface area contributed by atoms with Gasteiger partial charge >= 0.3 is 11.7 Å². The summed E-state index contributed by atoms with van der Waals surface area (Å²) in [5.74, 6) is -1.04. The number of hydrogen-bond donors (Lipinski definition) is 2. The molecular formula is C15H20N2O4. The van der Waals surface area contributed by atoms with E-state index in [4.69, 9.17) is 9.84 Å². The number of aryl methyl sites for hydroxylation is 1. The molecule has 1 aromatic carbocycles. The number of benzene rings is 1. The van der Waals surface area contributed by atoms with Crippen LogP contribution in [0.1, 0.15) is 36.5 Å². The number of fused-ring (bicyclic) bond motifs is 1. The average molecular weight is 292 g/mol. The van der Waals surface area contributed by atoms with Gasteiger partial charge < -0.3 is 14.8 Å². The van der Waals surface area contributed by atoms with Crippen molar-refractivity contribution in [1.82, 2.24) is 9.55 Å². The number of carboxylic acid groups (broad SMARTS) is 1. The first-order chi connectivity index (χ1) is 10.1. The minimum absolute atomic E-state index is 0.113. The fourth-order valence-corrected chi connectivity index (χ4v) is 2.25. The second-order valence-electron chi connectivity index (χ2n) is 4.91. The van der Waals surface area contributed by atoms with Gasteiger partial charge in [0.25, 0.3) is 0 Å². The summed E-state index contributed by atoms with van der Waals surface area (Å²) in [7, 11) is 0. The molecule has 0 saturated heterocycles. The molecule has 2 rings (SSSR count). The second kappa shape index (κ2) is 7.08. The van der Waals surface area contributed by atoms with Crippen molar-refractivity contribution in [3.8, 4) is 0 Å². The van der Waals surface area contributed by atoms with Crippen molar-refractivity contribution in [3.63, 3.8) is 0 Å². The van der Waals surface area contributed by atoms with Crippen LogP contribution in [0.25, 0.3) is 11.0 Å². The Kier molecular flexibility index (Phi) is 5.16. The molecule has 0 amide bonds. The highest BCUT2D eigenvalue weighted by atomic mass is 16.5. The first-order valence-corrected chi connectivity index (χ1v) is 7.17. The summed E-state index contributed by atoms with van der Waals surface area (Å²) in [6.07, 6.45) is 2.85. The molecule has 0 atom stereocenters. The molecule has 0 unspecified atom stereocenters. The van der Waals surface area contributed by atoms with E-state index in [1.54, 1.807) is 16.7 Å². The number of unbranched alkanes of at least 4 members (excludes halogenated alkanes) is 1. The number of carbonyl (C=O) groups is 1. The number of nitrogens with one attached hydrogen (secondary N) is 1. The summed E-state index contributed by atoms with van der Waals surface area (Å²) in [5.41, 5.74) is 0.824. The number of hydrogen-bond acceptors (Lipinski definition) is 3. The largest absolute Gasteiger partial charge is 0.478 e. The van der Waals surface area contributed by atoms with E-state index in [9.17, 15) is 9.59 Å². The molecular weight excluding hydrogens is 272 g/mol. The highest BCUT2D eigenvalue weighted by Crippen LogP contribution is 2.15. The summed E-state index contributed by atoms with van der Waals surface area (Å²) >= 11 is 0. The van der Waals surface area contributed by atoms with Crippen LogP contribution in [-0.4, -0.2) is 33.8 Å². The minimum atomic E-state index is -1.04. The molecule has 0 aliphatic carbocycles. The number of aromatic nitrogens is 2. The maximum atomic E-state index is 12.0. The van der Waals surface area contributed by atoms with Crippen LogP contribution in [0.15, 0.2) is 23.0 Å². The van der Waals surface area contributed by atoms with E-state index < -0.39 is 5.97 Å². The lowest BCUT2D eigenvalue weighted by molar-refractivity contribution is 0.0699. The zero-order valence-corrected chi connectivity index (χ0v) is 12.1. The predicted octanol–water partition coefficient (Wildman–Crippen LogP) is 2.23. The van der Waals surface area contributed by atoms with E-state index in [2.05, 4.69) is 11.9 Å². The first-order valence-electron chi connectivity index (χ1n) is 7.17. The number of ether oxygens (including phenoxy) is 1. The van der Waals surface area contributed by atoms with Gasteiger partial charge in [0.1, 0.15) is 0 Å². The summed E-state index contributed by atoms with van der Waals surface area (Å²) in [6.45, 7) is 3.95. The fourth-order valence-electron chi connectivity index (χ4n) is 2.25. The number of nitrogens with zero attached hydrogens (tertiary/aromatic N) is 1. The summed E-state index contributed by atoms with van der Waals surface area (Å²) < 4.78 is 7.03. The molecule has 1 heterocycles. The standard InChI is InChI=1S/C15H20N2O4/c1-2-3-9-21-10-5-8-17-12-7-4-6-11(14(18)19)13(12)16-15(17)20/h4,6-7H,2-3,5,8-10H2,1H3,(H,16,20)(H,18,19). The highest BCUT2D eigenvalue weighted by molar-refractivity contribution is 6.00. The van der Waals surface area contributed by atoms with E-state index in [0.717, 1.165) is 19.4 Å². The molecule has 0 bridgehead atoms. The third-order valence-electron chi connectivity index (χ3n) is 3.35. The van der Waals surface area contributed by atoms with Gasteiger partial charge in [0.2, 0.25) is 0 Å². The van der Waals surface area contributed by atoms with Crippen LogP contribution in [0.2, 0.25) is 0 Å². The minimum Gasteiger partial charge on any atom is -0.478 e. The van der Waals surface area contributed by atoms with Crippen molar-refractivity contribution in [3.05, 3.63) is 34.2 Å². The molecule has 0 aliphatic rings. The lowest BCUT2D eigenvalue weighted by Gasteiger charge is -2.05. The Morgan fingerprint density at radius 3 is 2.81 bits per heavy atom. The normalized spacial score (nSPS) is 11.1. The maximum absolute atomic E-state index is 12.0. The van der Waals surface area contributed by atoms with Crippen LogP contribution in [0.4, 0.5) is 0 Å². The monoisotopic (exact) mass is 292 g/mol. The lowest BCUT2D eigenvalue weighted by atomic mass is 10.2. The Labute approximate surface area is 122 Å². The molecule has 0 aliphatic heterocycles. The summed E-state index contributed by atoms with van der Waals surface area (Å²) in [6, 6.07) is 4.88. The van der Waals surface area contributed by atoms with Crippen molar-refractivity contribution in [2.75, 3.05) is 13.2 Å². The van der Waals surface area contributed by atoms with Gasteiger partial charge in [-0.3, -0.25) is 4.57 Å². The summed E-state index contributed by atoms with van der Waals surface area (Å²) in [4.78, 5) is 25.7. The zero-order valence-electron chi connectivity index (χ0n) is 12.1. The van der Waals surface area contributed by atoms with Crippen LogP contribution < -0.4 is 5.69 Å². The Morgan fingerprint density at radius 1 is 1.33 bits per heavy atom. The van der Waals surface area contributed by atoms with E-state index in [0.29, 0.717) is 30.6 Å². The molecule has 21 heavy (non-hydrogen) atoms. The van der Waals surface area contributed by atoms with Crippen molar-refractivity contribution in [2.45, 2.75) is 32.7 Å². The number of imidazole rings is 1. The van der Waals surface area contributed by atoms with E-state index in [1.807, 2.05) is 0 Å². The molecule has 0 spiro atoms. The van der Waals surface area contributed by atoms with Gasteiger partial charge in [0.15, 0.2) is 0 Å². The molecule has 2 N–H and O–H groups in total. The SMILES string of the molecule is CCCCOCCCn1c(=O)[nH]c2c(C(=O)O)cccc21. The van der Waals surface area contributed by atoms with E-state index in [-0.39, 0.29) is 11.3 Å². The van der Waals surface area contributed by atoms with Gasteiger partial charge in [-0.1, -0.05) is 19.4 Å². The summed E-state index contributed by atoms with van der Waals surface area (Å²) in [5, 5.41) is 9.13. The molecule has 6 nitrogen and oxygen atoms in total. The Balaban J connectivity index is 2.10. The number of para-hydroxylation sites is 1. The van der Waals surface area contributed by atoms with Crippen molar-refractivity contribution in [2.24, 2.45) is 0 Å². The fraction of sp³-hybridized carbons (Fsp3) is 0.467. The molecule has 0 radical (unpaired) electrons. The molecule has 0 saturated carbocycles. The number of carboxylic acids is 1. The number of aromatic carboxylic acids is 1. The third kappa shape index (κ3) is 3.52. The molecule has 1 aromatic heterocycles. The molecule has 6 heteroatoms. The van der Waals surface area contributed by atoms with Gasteiger partial charge in [-0.15, -0.1) is 0 Å². The topological polar surface area (TPSA) is 84.3 Å². The second-order valence-corrected chi connectivity index (χ2v) is 4.91. The number of rotatable bonds is 8. The predicted molar refractivity (Wildman–Crippen MR) is 79.9 cm³/mol. The van der Waals surface area contributed by atoms with Gasteiger partial charge in [0, 0.05) is 19.8 Å². The van der Waals surface area contributed by atoms with E-state index in [1.165, 1.54) is 6.07 Å². The maximum Gasteiger partial charge on any atom is 0.337 e. The Bertz CT molecular complexity index is 672. The number of H-pyrrole nitrogens is 1. The third-order valence-corrected chi connectivity index (χ3v) is 3.35. The van der Waals surface area contributed by atoms with Crippen molar-refractivity contribution in [1.29, 1.82) is 0 Å². The van der Waals surface area contributed by atoms with Crippen LogP contribution >= 0.6 is 0 Å². The van der Waals surface area contributed by atoms with Crippen LogP contribution in [-0.2, 0) is 11.3 Å². The van der Waals surface area contributed by atoms with Crippen molar-refractivity contribution < 1.29 is 14.6 Å². The molecule has 2 aromatic rings. The van der Waals surface area contributed by atoms with Crippen LogP contribution in [0.5, 0.6) is 0 Å². The average Bonchev–Trinajstić information content (AvgIpc) is 2.78. The van der Waals surface area contributed by atoms with Gasteiger partial charge in [-0.05, 0) is 25.0 Å². The van der Waals surface area contributed by atoms with Crippen LogP contribution in [0, 0.1) is 0 Å². The molecule has 0 fully saturated rings. The Morgan fingerprint density at radius 2 is 2.10 bits per heavy atom. The number of aromatic amines is 1. The highest BCUT2D eigenvalue weighted by Gasteiger charge is 2.13. The smallest absolute Gasteiger partial charge is 0.337 e. The van der Waals surface area contributed by atoms with Gasteiger partial charge in [-0.25, -0.2) is 9.59 Å². The van der Waals surface area contributed by atoms with Crippen LogP contribution in [0.3, 0.4) is 0 Å².